The van der Waals surface area contributed by atoms with Gasteiger partial charge in [-0.25, -0.2) is 4.68 Å². The number of nitrogens with zero attached hydrogens (tertiary/aromatic N) is 3. The van der Waals surface area contributed by atoms with Crippen molar-refractivity contribution in [1.29, 1.82) is 0 Å². The Bertz CT molecular complexity index is 823. The molecule has 21 heavy (non-hydrogen) atoms. The summed E-state index contributed by atoms with van der Waals surface area (Å²) >= 11 is 0. The molecule has 5 heteroatoms. The fourth-order valence-electron chi connectivity index (χ4n) is 2.51. The molecule has 1 aliphatic heterocycles. The minimum atomic E-state index is -0.201. The van der Waals surface area contributed by atoms with Crippen LogP contribution in [-0.2, 0) is 6.54 Å². The van der Waals surface area contributed by atoms with Crippen molar-refractivity contribution in [1.82, 2.24) is 14.8 Å². The maximum Gasteiger partial charge on any atom is 0.258 e. The Labute approximate surface area is 121 Å². The zero-order valence-electron chi connectivity index (χ0n) is 11.2. The van der Waals surface area contributed by atoms with Crippen molar-refractivity contribution in [3.63, 3.8) is 0 Å². The van der Waals surface area contributed by atoms with Gasteiger partial charge in [-0.2, -0.15) is 4.98 Å². The van der Waals surface area contributed by atoms with Crippen LogP contribution in [0, 0.1) is 0 Å². The van der Waals surface area contributed by atoms with Gasteiger partial charge < -0.3 is 0 Å². The smallest absolute Gasteiger partial charge is 0.258 e. The van der Waals surface area contributed by atoms with E-state index in [1.54, 1.807) is 12.1 Å². The van der Waals surface area contributed by atoms with Crippen LogP contribution < -0.4 is 5.32 Å². The Morgan fingerprint density at radius 3 is 2.67 bits per heavy atom. The molecule has 0 spiro atoms. The molecule has 4 rings (SSSR count). The summed E-state index contributed by atoms with van der Waals surface area (Å²) in [6.07, 6.45) is 0. The van der Waals surface area contributed by atoms with Crippen LogP contribution in [0.2, 0.25) is 0 Å². The van der Waals surface area contributed by atoms with E-state index in [0.29, 0.717) is 18.1 Å². The lowest BCUT2D eigenvalue weighted by Crippen LogP contribution is -2.13. The number of benzene rings is 2. The zero-order chi connectivity index (χ0) is 14.2. The Hall–Kier alpha value is -2.95. The highest BCUT2D eigenvalue weighted by molar-refractivity contribution is 6.03. The SMILES string of the molecule is O=C(Nc1nc2n(n1)Cc1ccccc1-2)c1ccccc1. The van der Waals surface area contributed by atoms with Gasteiger partial charge in [-0.1, -0.05) is 42.5 Å². The van der Waals surface area contributed by atoms with Crippen LogP contribution >= 0.6 is 0 Å². The fourth-order valence-corrected chi connectivity index (χ4v) is 2.51. The molecule has 0 radical (unpaired) electrons. The highest BCUT2D eigenvalue weighted by Gasteiger charge is 2.22. The van der Waals surface area contributed by atoms with Crippen LogP contribution in [0.4, 0.5) is 5.95 Å². The van der Waals surface area contributed by atoms with E-state index in [0.717, 1.165) is 11.4 Å². The van der Waals surface area contributed by atoms with Crippen LogP contribution in [0.25, 0.3) is 11.4 Å². The number of carbonyl (C=O) groups is 1. The molecule has 3 aromatic rings. The Kier molecular flexibility index (Phi) is 2.57. The maximum absolute atomic E-state index is 12.1. The summed E-state index contributed by atoms with van der Waals surface area (Å²) in [4.78, 5) is 16.5. The molecule has 0 unspecified atom stereocenters. The molecule has 1 amide bonds. The van der Waals surface area contributed by atoms with Crippen molar-refractivity contribution in [3.05, 3.63) is 65.7 Å². The van der Waals surface area contributed by atoms with Gasteiger partial charge >= 0.3 is 0 Å². The zero-order valence-corrected chi connectivity index (χ0v) is 11.2. The van der Waals surface area contributed by atoms with Crippen LogP contribution in [0.1, 0.15) is 15.9 Å². The van der Waals surface area contributed by atoms with Gasteiger partial charge in [-0.3, -0.25) is 10.1 Å². The lowest BCUT2D eigenvalue weighted by atomic mass is 10.1. The van der Waals surface area contributed by atoms with Gasteiger partial charge in [0.2, 0.25) is 5.95 Å². The highest BCUT2D eigenvalue weighted by atomic mass is 16.1. The number of fused-ring (bicyclic) bond motifs is 3. The quantitative estimate of drug-likeness (QED) is 0.612. The summed E-state index contributed by atoms with van der Waals surface area (Å²) in [7, 11) is 0. The van der Waals surface area contributed by atoms with Gasteiger partial charge in [0.05, 0.1) is 6.54 Å². The third-order valence-corrected chi connectivity index (χ3v) is 3.51. The first-order valence-electron chi connectivity index (χ1n) is 6.71. The van der Waals surface area contributed by atoms with Crippen LogP contribution in [0.5, 0.6) is 0 Å². The minimum absolute atomic E-state index is 0.201. The number of hydrogen-bond donors (Lipinski definition) is 1. The number of hydrogen-bond acceptors (Lipinski definition) is 3. The third kappa shape index (κ3) is 1.99. The first-order chi connectivity index (χ1) is 10.3. The standard InChI is InChI=1S/C16H12N4O/c21-15(11-6-2-1-3-7-11)18-16-17-14-13-9-5-4-8-12(13)10-20(14)19-16/h1-9H,10H2,(H,18,19,21). The highest BCUT2D eigenvalue weighted by Crippen LogP contribution is 2.30. The third-order valence-electron chi connectivity index (χ3n) is 3.51. The van der Waals surface area contributed by atoms with Gasteiger partial charge in [-0.05, 0) is 17.7 Å². The average Bonchev–Trinajstić information content (AvgIpc) is 3.05. The van der Waals surface area contributed by atoms with E-state index in [4.69, 9.17) is 0 Å². The number of carbonyl (C=O) groups excluding carboxylic acids is 1. The lowest BCUT2D eigenvalue weighted by molar-refractivity contribution is 0.102. The van der Waals surface area contributed by atoms with E-state index in [-0.39, 0.29) is 5.91 Å². The molecule has 2 heterocycles. The minimum Gasteiger partial charge on any atom is -0.289 e. The van der Waals surface area contributed by atoms with Crippen molar-refractivity contribution < 1.29 is 4.79 Å². The summed E-state index contributed by atoms with van der Waals surface area (Å²) < 4.78 is 1.81. The summed E-state index contributed by atoms with van der Waals surface area (Å²) in [6, 6.07) is 17.1. The van der Waals surface area contributed by atoms with Crippen LogP contribution in [0.15, 0.2) is 54.6 Å². The largest absolute Gasteiger partial charge is 0.289 e. The van der Waals surface area contributed by atoms with E-state index < -0.39 is 0 Å². The molecule has 0 saturated heterocycles. The molecule has 5 nitrogen and oxygen atoms in total. The first kappa shape index (κ1) is 11.8. The van der Waals surface area contributed by atoms with Crippen molar-refractivity contribution >= 4 is 11.9 Å². The van der Waals surface area contributed by atoms with E-state index in [1.807, 2.05) is 41.1 Å². The molecule has 0 aliphatic carbocycles. The lowest BCUT2D eigenvalue weighted by Gasteiger charge is -2.01. The van der Waals surface area contributed by atoms with E-state index in [1.165, 1.54) is 5.56 Å². The van der Waals surface area contributed by atoms with Gasteiger partial charge in [-0.15, -0.1) is 5.10 Å². The fraction of sp³-hybridized carbons (Fsp3) is 0.0625. The summed E-state index contributed by atoms with van der Waals surface area (Å²) in [6.45, 7) is 0.694. The molecule has 102 valence electrons. The summed E-state index contributed by atoms with van der Waals surface area (Å²) in [5.74, 6) is 0.940. The number of anilines is 1. The van der Waals surface area contributed by atoms with Crippen molar-refractivity contribution in [2.45, 2.75) is 6.54 Å². The predicted octanol–water partition coefficient (Wildman–Crippen LogP) is 2.56. The van der Waals surface area contributed by atoms with Gasteiger partial charge in [0.1, 0.15) is 0 Å². The van der Waals surface area contributed by atoms with Crippen molar-refractivity contribution in [3.8, 4) is 11.4 Å². The average molecular weight is 276 g/mol. The summed E-state index contributed by atoms with van der Waals surface area (Å²) in [5.41, 5.74) is 2.87. The molecule has 0 saturated carbocycles. The molecule has 1 aliphatic rings. The van der Waals surface area contributed by atoms with E-state index in [2.05, 4.69) is 21.5 Å². The van der Waals surface area contributed by atoms with Crippen molar-refractivity contribution in [2.24, 2.45) is 0 Å². The molecular weight excluding hydrogens is 264 g/mol. The molecule has 0 bridgehead atoms. The number of aromatic nitrogens is 3. The normalized spacial score (nSPS) is 11.8. The van der Waals surface area contributed by atoms with E-state index in [9.17, 15) is 4.79 Å². The number of nitrogens with one attached hydrogen (secondary N) is 1. The molecule has 0 fully saturated rings. The second-order valence-corrected chi connectivity index (χ2v) is 4.89. The molecule has 0 atom stereocenters. The van der Waals surface area contributed by atoms with Gasteiger partial charge in [0.15, 0.2) is 5.82 Å². The molecule has 1 aromatic heterocycles. The molecule has 2 aromatic carbocycles. The van der Waals surface area contributed by atoms with Crippen molar-refractivity contribution in [2.75, 3.05) is 5.32 Å². The topological polar surface area (TPSA) is 59.8 Å². The van der Waals surface area contributed by atoms with Crippen LogP contribution in [-0.4, -0.2) is 20.7 Å². The Balaban J connectivity index is 1.61. The number of rotatable bonds is 2. The Morgan fingerprint density at radius 1 is 1.05 bits per heavy atom. The van der Waals surface area contributed by atoms with Gasteiger partial charge in [0, 0.05) is 11.1 Å². The van der Waals surface area contributed by atoms with Crippen LogP contribution in [0.3, 0.4) is 0 Å². The first-order valence-corrected chi connectivity index (χ1v) is 6.71. The second kappa shape index (κ2) is 4.56. The monoisotopic (exact) mass is 276 g/mol. The predicted molar refractivity (Wildman–Crippen MR) is 79.0 cm³/mol. The number of amides is 1. The molecular formula is C16H12N4O. The van der Waals surface area contributed by atoms with E-state index >= 15 is 0 Å². The maximum atomic E-state index is 12.1. The Morgan fingerprint density at radius 2 is 1.81 bits per heavy atom. The summed E-state index contributed by atoms with van der Waals surface area (Å²) in [5, 5.41) is 7.08. The second-order valence-electron chi connectivity index (χ2n) is 4.89. The van der Waals surface area contributed by atoms with Gasteiger partial charge in [0.25, 0.3) is 5.91 Å². The molecule has 1 N–H and O–H groups in total.